The maximum Gasteiger partial charge on any atom is 0.300 e. The maximum atomic E-state index is 13.2. The lowest BCUT2D eigenvalue weighted by Gasteiger charge is -2.25. The molecule has 0 spiro atoms. The SMILES string of the molecule is Cc1ccc(N2C(=O)C(=O)/C(=C(\O)c3ccc4c(c3)CCO4)C2c2cccc(O)c2)cc1. The molecule has 2 heterocycles. The van der Waals surface area contributed by atoms with Crippen molar-refractivity contribution in [3.8, 4) is 11.5 Å². The molecule has 3 aromatic carbocycles. The van der Waals surface area contributed by atoms with E-state index in [1.165, 1.54) is 17.0 Å². The maximum absolute atomic E-state index is 13.2. The Labute approximate surface area is 185 Å². The molecule has 160 valence electrons. The van der Waals surface area contributed by atoms with Crippen molar-refractivity contribution in [2.75, 3.05) is 11.5 Å². The highest BCUT2D eigenvalue weighted by Gasteiger charge is 2.47. The topological polar surface area (TPSA) is 87.1 Å². The summed E-state index contributed by atoms with van der Waals surface area (Å²) in [4.78, 5) is 27.7. The number of benzene rings is 3. The zero-order valence-electron chi connectivity index (χ0n) is 17.4. The fourth-order valence-electron chi connectivity index (χ4n) is 4.30. The Morgan fingerprint density at radius 3 is 2.56 bits per heavy atom. The number of aromatic hydroxyl groups is 1. The minimum absolute atomic E-state index is 0.00618. The molecule has 2 N–H and O–H groups in total. The Morgan fingerprint density at radius 1 is 1.03 bits per heavy atom. The lowest BCUT2D eigenvalue weighted by atomic mass is 9.94. The van der Waals surface area contributed by atoms with Crippen LogP contribution in [0.2, 0.25) is 0 Å². The van der Waals surface area contributed by atoms with Crippen LogP contribution in [0.1, 0.15) is 28.3 Å². The second-order valence-corrected chi connectivity index (χ2v) is 8.02. The van der Waals surface area contributed by atoms with Gasteiger partial charge in [0.1, 0.15) is 17.3 Å². The normalized spacial score (nSPS) is 19.2. The van der Waals surface area contributed by atoms with Crippen molar-refractivity contribution >= 4 is 23.1 Å². The van der Waals surface area contributed by atoms with Crippen molar-refractivity contribution in [2.45, 2.75) is 19.4 Å². The second-order valence-electron chi connectivity index (χ2n) is 8.02. The van der Waals surface area contributed by atoms with Gasteiger partial charge in [0, 0.05) is 17.7 Å². The molecule has 0 bridgehead atoms. The van der Waals surface area contributed by atoms with Gasteiger partial charge < -0.3 is 14.9 Å². The van der Waals surface area contributed by atoms with E-state index in [9.17, 15) is 19.8 Å². The number of aryl methyl sites for hydroxylation is 1. The number of phenolic OH excluding ortho intramolecular Hbond substituents is 1. The van der Waals surface area contributed by atoms with Gasteiger partial charge in [-0.05, 0) is 60.5 Å². The minimum atomic E-state index is -0.880. The lowest BCUT2D eigenvalue weighted by Crippen LogP contribution is -2.29. The van der Waals surface area contributed by atoms with Gasteiger partial charge in [-0.3, -0.25) is 14.5 Å². The molecule has 32 heavy (non-hydrogen) atoms. The first kappa shape index (κ1) is 19.9. The zero-order valence-corrected chi connectivity index (χ0v) is 17.4. The molecule has 5 rings (SSSR count). The molecule has 1 amide bonds. The molecule has 6 heteroatoms. The van der Waals surface area contributed by atoms with Crippen LogP contribution in [0.5, 0.6) is 11.5 Å². The number of ether oxygens (including phenoxy) is 1. The summed E-state index contributed by atoms with van der Waals surface area (Å²) in [5, 5.41) is 21.3. The first-order valence-corrected chi connectivity index (χ1v) is 10.4. The summed E-state index contributed by atoms with van der Waals surface area (Å²) in [6.45, 7) is 2.50. The number of nitrogens with zero attached hydrogens (tertiary/aromatic N) is 1. The number of carbonyl (C=O) groups excluding carboxylic acids is 2. The highest BCUT2D eigenvalue weighted by molar-refractivity contribution is 6.51. The van der Waals surface area contributed by atoms with Gasteiger partial charge in [-0.15, -0.1) is 0 Å². The molecule has 0 aromatic heterocycles. The van der Waals surface area contributed by atoms with Gasteiger partial charge in [0.15, 0.2) is 0 Å². The first-order valence-electron chi connectivity index (χ1n) is 10.4. The van der Waals surface area contributed by atoms with Crippen LogP contribution in [0, 0.1) is 6.92 Å². The van der Waals surface area contributed by atoms with Gasteiger partial charge in [0.25, 0.3) is 11.7 Å². The predicted octanol–water partition coefficient (Wildman–Crippen LogP) is 4.26. The number of phenols is 1. The van der Waals surface area contributed by atoms with Gasteiger partial charge in [-0.1, -0.05) is 29.8 Å². The number of anilines is 1. The molecule has 1 atom stereocenters. The molecule has 0 radical (unpaired) electrons. The summed E-state index contributed by atoms with van der Waals surface area (Å²) in [6.07, 6.45) is 0.712. The Bertz CT molecular complexity index is 1280. The van der Waals surface area contributed by atoms with Crippen molar-refractivity contribution in [2.24, 2.45) is 0 Å². The van der Waals surface area contributed by atoms with E-state index in [2.05, 4.69) is 0 Å². The van der Waals surface area contributed by atoms with Gasteiger partial charge in [0.2, 0.25) is 0 Å². The number of hydrogen-bond acceptors (Lipinski definition) is 5. The molecular formula is C26H21NO5. The zero-order chi connectivity index (χ0) is 22.4. The molecule has 1 fully saturated rings. The van der Waals surface area contributed by atoms with Crippen molar-refractivity contribution in [1.29, 1.82) is 0 Å². The largest absolute Gasteiger partial charge is 0.508 e. The van der Waals surface area contributed by atoms with Crippen molar-refractivity contribution in [3.63, 3.8) is 0 Å². The third-order valence-corrected chi connectivity index (χ3v) is 5.91. The number of fused-ring (bicyclic) bond motifs is 1. The third kappa shape index (κ3) is 3.21. The minimum Gasteiger partial charge on any atom is -0.508 e. The van der Waals surface area contributed by atoms with Crippen molar-refractivity contribution in [3.05, 3.63) is 94.6 Å². The predicted molar refractivity (Wildman–Crippen MR) is 120 cm³/mol. The average molecular weight is 427 g/mol. The number of aliphatic hydroxyl groups excluding tert-OH is 1. The number of ketones is 1. The smallest absolute Gasteiger partial charge is 0.300 e. The molecule has 0 aliphatic carbocycles. The summed E-state index contributed by atoms with van der Waals surface area (Å²) in [5.74, 6) is -0.986. The van der Waals surface area contributed by atoms with E-state index >= 15 is 0 Å². The number of Topliss-reactive ketones (excluding diaryl/α,β-unsaturated/α-hetero) is 1. The summed E-state index contributed by atoms with van der Waals surface area (Å²) in [5.41, 5.74) is 3.44. The summed E-state index contributed by atoms with van der Waals surface area (Å²) >= 11 is 0. The van der Waals surface area contributed by atoms with Crippen LogP contribution in [0.25, 0.3) is 5.76 Å². The Kier molecular flexibility index (Phi) is 4.70. The highest BCUT2D eigenvalue weighted by Crippen LogP contribution is 2.43. The quantitative estimate of drug-likeness (QED) is 0.371. The lowest BCUT2D eigenvalue weighted by molar-refractivity contribution is -0.132. The van der Waals surface area contributed by atoms with Gasteiger partial charge >= 0.3 is 0 Å². The molecule has 3 aromatic rings. The highest BCUT2D eigenvalue weighted by atomic mass is 16.5. The number of aliphatic hydroxyl groups is 1. The summed E-state index contributed by atoms with van der Waals surface area (Å²) < 4.78 is 5.53. The van der Waals surface area contributed by atoms with E-state index in [-0.39, 0.29) is 17.1 Å². The van der Waals surface area contributed by atoms with E-state index < -0.39 is 17.7 Å². The van der Waals surface area contributed by atoms with E-state index in [1.54, 1.807) is 42.5 Å². The Hall–Kier alpha value is -4.06. The van der Waals surface area contributed by atoms with Crippen LogP contribution in [-0.2, 0) is 16.0 Å². The Morgan fingerprint density at radius 2 is 1.81 bits per heavy atom. The van der Waals surface area contributed by atoms with Crippen LogP contribution >= 0.6 is 0 Å². The average Bonchev–Trinajstić information content (AvgIpc) is 3.36. The Balaban J connectivity index is 1.71. The summed E-state index contributed by atoms with van der Waals surface area (Å²) in [6, 6.07) is 18.0. The number of hydrogen-bond donors (Lipinski definition) is 2. The molecule has 0 saturated carbocycles. The van der Waals surface area contributed by atoms with E-state index in [4.69, 9.17) is 4.74 Å². The van der Waals surface area contributed by atoms with Gasteiger partial charge in [0.05, 0.1) is 18.2 Å². The van der Waals surface area contributed by atoms with Crippen LogP contribution in [0.4, 0.5) is 5.69 Å². The second kappa shape index (κ2) is 7.57. The first-order chi connectivity index (χ1) is 15.4. The standard InChI is InChI=1S/C26H21NO5/c1-15-5-8-19(9-6-15)27-23(17-3-2-4-20(28)14-17)22(25(30)26(27)31)24(29)18-7-10-21-16(13-18)11-12-32-21/h2-10,13-14,23,28-29H,11-12H2,1H3/b24-22-. The molecule has 1 unspecified atom stereocenters. The van der Waals surface area contributed by atoms with Gasteiger partial charge in [-0.25, -0.2) is 0 Å². The van der Waals surface area contributed by atoms with Crippen LogP contribution in [0.15, 0.2) is 72.3 Å². The van der Waals surface area contributed by atoms with Crippen molar-refractivity contribution < 1.29 is 24.5 Å². The number of carbonyl (C=O) groups is 2. The van der Waals surface area contributed by atoms with Crippen molar-refractivity contribution in [1.82, 2.24) is 0 Å². The number of rotatable bonds is 3. The molecule has 2 aliphatic heterocycles. The number of amides is 1. The van der Waals surface area contributed by atoms with E-state index in [0.29, 0.717) is 29.8 Å². The third-order valence-electron chi connectivity index (χ3n) is 5.91. The fourth-order valence-corrected chi connectivity index (χ4v) is 4.30. The molecule has 6 nitrogen and oxygen atoms in total. The fraction of sp³-hybridized carbons (Fsp3) is 0.154. The molecule has 2 aliphatic rings. The van der Waals surface area contributed by atoms with Crippen LogP contribution < -0.4 is 9.64 Å². The van der Waals surface area contributed by atoms with Crippen LogP contribution in [0.3, 0.4) is 0 Å². The van der Waals surface area contributed by atoms with Crippen LogP contribution in [-0.4, -0.2) is 28.5 Å². The molecular weight excluding hydrogens is 406 g/mol. The van der Waals surface area contributed by atoms with E-state index in [1.807, 2.05) is 19.1 Å². The van der Waals surface area contributed by atoms with E-state index in [0.717, 1.165) is 16.9 Å². The van der Waals surface area contributed by atoms with Gasteiger partial charge in [-0.2, -0.15) is 0 Å². The summed E-state index contributed by atoms with van der Waals surface area (Å²) in [7, 11) is 0. The molecule has 1 saturated heterocycles. The monoisotopic (exact) mass is 427 g/mol.